The Bertz CT molecular complexity index is 1270. The second-order valence-corrected chi connectivity index (χ2v) is 8.29. The molecule has 0 radical (unpaired) electrons. The number of nitrogens with one attached hydrogen (secondary N) is 2. The second-order valence-electron chi connectivity index (χ2n) is 6.74. The molecule has 3 aromatic rings. The Balaban J connectivity index is 1.64. The highest BCUT2D eigenvalue weighted by Crippen LogP contribution is 2.21. The molecular weight excluding hydrogens is 446 g/mol. The molecular formula is C23H21N3O6S. The van der Waals surface area contributed by atoms with Crippen molar-refractivity contribution in [2.24, 2.45) is 5.10 Å². The smallest absolute Gasteiger partial charge is 0.339 e. The highest BCUT2D eigenvalue weighted by molar-refractivity contribution is 7.87. The molecule has 0 heterocycles. The lowest BCUT2D eigenvalue weighted by Crippen LogP contribution is -2.17. The minimum absolute atomic E-state index is 0.0672. The van der Waals surface area contributed by atoms with Gasteiger partial charge in [-0.05, 0) is 66.2 Å². The van der Waals surface area contributed by atoms with Gasteiger partial charge in [0, 0.05) is 18.2 Å². The van der Waals surface area contributed by atoms with Crippen molar-refractivity contribution in [3.63, 3.8) is 0 Å². The van der Waals surface area contributed by atoms with Crippen LogP contribution in [0.25, 0.3) is 0 Å². The molecule has 0 aliphatic carbocycles. The molecule has 0 saturated carbocycles. The average molecular weight is 468 g/mol. The highest BCUT2D eigenvalue weighted by atomic mass is 32.2. The summed E-state index contributed by atoms with van der Waals surface area (Å²) in [6.07, 6.45) is 1.36. The van der Waals surface area contributed by atoms with E-state index in [1.165, 1.54) is 56.6 Å². The molecule has 0 unspecified atom stereocenters. The first-order valence-corrected chi connectivity index (χ1v) is 11.1. The van der Waals surface area contributed by atoms with Crippen LogP contribution in [0.3, 0.4) is 0 Å². The number of carbonyl (C=O) groups is 2. The molecule has 0 aromatic heterocycles. The predicted octanol–water partition coefficient (Wildman–Crippen LogP) is 3.19. The van der Waals surface area contributed by atoms with E-state index < -0.39 is 16.0 Å². The maximum atomic E-state index is 12.5. The Hall–Kier alpha value is -4.18. The van der Waals surface area contributed by atoms with Gasteiger partial charge in [0.15, 0.2) is 0 Å². The number of benzene rings is 3. The summed E-state index contributed by atoms with van der Waals surface area (Å²) in [6, 6.07) is 18.3. The Morgan fingerprint density at radius 2 is 1.64 bits per heavy atom. The fourth-order valence-corrected chi connectivity index (χ4v) is 3.62. The fraction of sp³-hybridized carbons (Fsp3) is 0.0870. The molecule has 2 N–H and O–H groups in total. The zero-order chi connectivity index (χ0) is 23.8. The Labute approximate surface area is 191 Å². The third kappa shape index (κ3) is 6.65. The van der Waals surface area contributed by atoms with Crippen LogP contribution < -0.4 is 19.7 Å². The SMILES string of the molecule is COc1ccc(C(=O)N/N=C\c2cccc(OS(=O)(=O)c3ccc(NC(C)=O)cc3)c2)cc1. The number of hydrogen-bond acceptors (Lipinski definition) is 7. The van der Waals surface area contributed by atoms with E-state index >= 15 is 0 Å². The van der Waals surface area contributed by atoms with E-state index in [0.29, 0.717) is 22.6 Å². The molecule has 10 heteroatoms. The molecule has 0 aliphatic rings. The van der Waals surface area contributed by atoms with Gasteiger partial charge < -0.3 is 14.2 Å². The van der Waals surface area contributed by atoms with Crippen molar-refractivity contribution in [3.8, 4) is 11.5 Å². The zero-order valence-corrected chi connectivity index (χ0v) is 18.6. The van der Waals surface area contributed by atoms with Crippen LogP contribution in [0.2, 0.25) is 0 Å². The van der Waals surface area contributed by atoms with Gasteiger partial charge in [-0.2, -0.15) is 13.5 Å². The summed E-state index contributed by atoms with van der Waals surface area (Å²) in [6.45, 7) is 1.36. The summed E-state index contributed by atoms with van der Waals surface area (Å²) in [4.78, 5) is 23.2. The van der Waals surface area contributed by atoms with Crippen molar-refractivity contribution >= 4 is 33.8 Å². The average Bonchev–Trinajstić information content (AvgIpc) is 2.79. The number of hydrogen-bond donors (Lipinski definition) is 2. The number of ether oxygens (including phenoxy) is 1. The molecule has 0 atom stereocenters. The van der Waals surface area contributed by atoms with Crippen LogP contribution in [-0.4, -0.2) is 33.6 Å². The molecule has 0 spiro atoms. The van der Waals surface area contributed by atoms with Gasteiger partial charge in [-0.3, -0.25) is 9.59 Å². The van der Waals surface area contributed by atoms with Crippen LogP contribution in [0.1, 0.15) is 22.8 Å². The summed E-state index contributed by atoms with van der Waals surface area (Å²) in [5.74, 6) is 0.0315. The molecule has 9 nitrogen and oxygen atoms in total. The molecule has 170 valence electrons. The van der Waals surface area contributed by atoms with Crippen LogP contribution in [0, 0.1) is 0 Å². The van der Waals surface area contributed by atoms with Crippen molar-refractivity contribution in [2.45, 2.75) is 11.8 Å². The lowest BCUT2D eigenvalue weighted by atomic mass is 10.2. The molecule has 0 saturated heterocycles. The maximum absolute atomic E-state index is 12.5. The van der Waals surface area contributed by atoms with Gasteiger partial charge in [-0.25, -0.2) is 5.43 Å². The van der Waals surface area contributed by atoms with E-state index in [-0.39, 0.29) is 16.6 Å². The first kappa shape index (κ1) is 23.5. The van der Waals surface area contributed by atoms with E-state index in [0.717, 1.165) is 0 Å². The van der Waals surface area contributed by atoms with Crippen LogP contribution >= 0.6 is 0 Å². The van der Waals surface area contributed by atoms with Gasteiger partial charge in [0.05, 0.1) is 13.3 Å². The van der Waals surface area contributed by atoms with E-state index in [9.17, 15) is 18.0 Å². The molecule has 3 rings (SSSR count). The van der Waals surface area contributed by atoms with E-state index in [4.69, 9.17) is 8.92 Å². The number of anilines is 1. The van der Waals surface area contributed by atoms with E-state index in [1.54, 1.807) is 36.4 Å². The van der Waals surface area contributed by atoms with Crippen molar-refractivity contribution in [3.05, 3.63) is 83.9 Å². The van der Waals surface area contributed by atoms with Gasteiger partial charge in [0.1, 0.15) is 16.4 Å². The van der Waals surface area contributed by atoms with Gasteiger partial charge >= 0.3 is 10.1 Å². The number of amides is 2. The number of methoxy groups -OCH3 is 1. The van der Waals surface area contributed by atoms with Crippen molar-refractivity contribution in [1.82, 2.24) is 5.43 Å². The largest absolute Gasteiger partial charge is 0.497 e. The van der Waals surface area contributed by atoms with Crippen molar-refractivity contribution in [2.75, 3.05) is 12.4 Å². The van der Waals surface area contributed by atoms with Crippen molar-refractivity contribution < 1.29 is 26.9 Å². The minimum atomic E-state index is -4.09. The fourth-order valence-electron chi connectivity index (χ4n) is 2.70. The van der Waals surface area contributed by atoms with Crippen LogP contribution in [-0.2, 0) is 14.9 Å². The van der Waals surface area contributed by atoms with Gasteiger partial charge in [0.2, 0.25) is 5.91 Å². The Kier molecular flexibility index (Phi) is 7.42. The number of carbonyl (C=O) groups excluding carboxylic acids is 2. The lowest BCUT2D eigenvalue weighted by Gasteiger charge is -2.08. The summed E-state index contributed by atoms with van der Waals surface area (Å²) in [5, 5.41) is 6.45. The van der Waals surface area contributed by atoms with Crippen LogP contribution in [0.15, 0.2) is 82.8 Å². The first-order valence-electron chi connectivity index (χ1n) is 9.66. The van der Waals surface area contributed by atoms with Gasteiger partial charge in [-0.1, -0.05) is 12.1 Å². The molecule has 2 amide bonds. The Morgan fingerprint density at radius 1 is 0.939 bits per heavy atom. The van der Waals surface area contributed by atoms with Gasteiger partial charge in [0.25, 0.3) is 5.91 Å². The number of rotatable bonds is 8. The standard InChI is InChI=1S/C23H21N3O6S/c1-16(27)25-19-8-12-22(13-9-19)33(29,30)32-21-5-3-4-17(14-21)15-24-26-23(28)18-6-10-20(31-2)11-7-18/h3-15H,1-2H3,(H,25,27)(H,26,28)/b24-15-. The lowest BCUT2D eigenvalue weighted by molar-refractivity contribution is -0.114. The Morgan fingerprint density at radius 3 is 2.27 bits per heavy atom. The van der Waals surface area contributed by atoms with Crippen molar-refractivity contribution in [1.29, 1.82) is 0 Å². The quantitative estimate of drug-likeness (QED) is 0.298. The number of nitrogens with zero attached hydrogens (tertiary/aromatic N) is 1. The van der Waals surface area contributed by atoms with Crippen LogP contribution in [0.5, 0.6) is 11.5 Å². The summed E-state index contributed by atoms with van der Waals surface area (Å²) in [5.41, 5.74) is 3.78. The third-order valence-corrected chi connectivity index (χ3v) is 5.52. The minimum Gasteiger partial charge on any atom is -0.497 e. The molecule has 33 heavy (non-hydrogen) atoms. The summed E-state index contributed by atoms with van der Waals surface area (Å²) in [7, 11) is -2.55. The maximum Gasteiger partial charge on any atom is 0.339 e. The normalized spacial score (nSPS) is 11.1. The van der Waals surface area contributed by atoms with Gasteiger partial charge in [-0.15, -0.1) is 0 Å². The number of hydrazone groups is 1. The molecule has 0 aliphatic heterocycles. The second kappa shape index (κ2) is 10.4. The summed E-state index contributed by atoms with van der Waals surface area (Å²) < 4.78 is 35.3. The highest BCUT2D eigenvalue weighted by Gasteiger charge is 2.17. The van der Waals surface area contributed by atoms with E-state index in [1.807, 2.05) is 0 Å². The monoisotopic (exact) mass is 467 g/mol. The topological polar surface area (TPSA) is 123 Å². The third-order valence-electron chi connectivity index (χ3n) is 4.26. The predicted molar refractivity (Wildman–Crippen MR) is 123 cm³/mol. The first-order chi connectivity index (χ1) is 15.8. The molecule has 0 fully saturated rings. The van der Waals surface area contributed by atoms with Crippen LogP contribution in [0.4, 0.5) is 5.69 Å². The zero-order valence-electron chi connectivity index (χ0n) is 17.8. The molecule has 3 aromatic carbocycles. The molecule has 0 bridgehead atoms. The summed E-state index contributed by atoms with van der Waals surface area (Å²) >= 11 is 0. The van der Waals surface area contributed by atoms with E-state index in [2.05, 4.69) is 15.8 Å².